The minimum Gasteiger partial charge on any atom is -0.497 e. The lowest BCUT2D eigenvalue weighted by atomic mass is 10.1. The zero-order valence-corrected chi connectivity index (χ0v) is 18.2. The van der Waals surface area contributed by atoms with Gasteiger partial charge in [-0.3, -0.25) is 9.59 Å². The number of hydrogen-bond donors (Lipinski definition) is 1. The molecule has 1 N–H and O–H groups in total. The number of ether oxygens (including phenoxy) is 1. The average molecular weight is 456 g/mol. The molecule has 7 heteroatoms. The first-order valence-corrected chi connectivity index (χ1v) is 10.2. The molecule has 1 aliphatic heterocycles. The van der Waals surface area contributed by atoms with Crippen molar-refractivity contribution in [3.05, 3.63) is 52.1 Å². The molecule has 0 atom stereocenters. The number of amides is 2. The fourth-order valence-electron chi connectivity index (χ4n) is 3.86. The summed E-state index contributed by atoms with van der Waals surface area (Å²) in [6, 6.07) is 11.3. The third-order valence-electron chi connectivity index (χ3n) is 5.35. The second-order valence-corrected chi connectivity index (χ2v) is 8.06. The van der Waals surface area contributed by atoms with Crippen LogP contribution in [0.15, 0.2) is 40.9 Å². The van der Waals surface area contributed by atoms with Gasteiger partial charge in [-0.05, 0) is 55.3 Å². The number of nitrogens with one attached hydrogen (secondary N) is 1. The zero-order chi connectivity index (χ0) is 20.7. The second-order valence-electron chi connectivity index (χ2n) is 7.21. The summed E-state index contributed by atoms with van der Waals surface area (Å²) >= 11 is 3.48. The third kappa shape index (κ3) is 3.40. The highest BCUT2D eigenvalue weighted by Gasteiger charge is 2.31. The summed E-state index contributed by atoms with van der Waals surface area (Å²) in [7, 11) is 3.45. The van der Waals surface area contributed by atoms with Gasteiger partial charge >= 0.3 is 0 Å². The Bertz CT molecular complexity index is 1140. The van der Waals surface area contributed by atoms with Crippen LogP contribution in [0.2, 0.25) is 0 Å². The van der Waals surface area contributed by atoms with Gasteiger partial charge in [-0.2, -0.15) is 0 Å². The van der Waals surface area contributed by atoms with Crippen molar-refractivity contribution >= 4 is 50.0 Å². The summed E-state index contributed by atoms with van der Waals surface area (Å²) in [5, 5.41) is 3.82. The fraction of sp³-hybridized carbons (Fsp3) is 0.273. The number of aryl methyl sites for hydroxylation is 2. The third-order valence-corrected chi connectivity index (χ3v) is 6.24. The predicted octanol–water partition coefficient (Wildman–Crippen LogP) is 4.64. The molecule has 0 unspecified atom stereocenters. The molecule has 2 amide bonds. The molecular formula is C22H22BrN3O3. The van der Waals surface area contributed by atoms with Crippen LogP contribution < -0.4 is 15.0 Å². The summed E-state index contributed by atoms with van der Waals surface area (Å²) in [4.78, 5) is 27.6. The molecule has 1 aromatic heterocycles. The van der Waals surface area contributed by atoms with E-state index < -0.39 is 0 Å². The van der Waals surface area contributed by atoms with E-state index in [0.717, 1.165) is 27.4 Å². The molecule has 0 bridgehead atoms. The van der Waals surface area contributed by atoms with E-state index in [1.165, 1.54) is 0 Å². The van der Waals surface area contributed by atoms with Gasteiger partial charge in [-0.25, -0.2) is 0 Å². The Morgan fingerprint density at radius 1 is 1.21 bits per heavy atom. The largest absolute Gasteiger partial charge is 0.497 e. The lowest BCUT2D eigenvalue weighted by Gasteiger charge is -2.18. The Hall–Kier alpha value is -2.80. The normalized spacial score (nSPS) is 13.9. The highest BCUT2D eigenvalue weighted by molar-refractivity contribution is 9.10. The van der Waals surface area contributed by atoms with Gasteiger partial charge in [-0.15, -0.1) is 0 Å². The summed E-state index contributed by atoms with van der Waals surface area (Å²) < 4.78 is 8.20. The number of halogens is 1. The first-order chi connectivity index (χ1) is 13.9. The maximum Gasteiger partial charge on any atom is 0.274 e. The van der Waals surface area contributed by atoms with E-state index in [0.29, 0.717) is 35.8 Å². The molecule has 1 saturated heterocycles. The Morgan fingerprint density at radius 2 is 2.00 bits per heavy atom. The van der Waals surface area contributed by atoms with Crippen LogP contribution in [0.1, 0.15) is 28.9 Å². The number of nitrogens with zero attached hydrogens (tertiary/aromatic N) is 2. The molecule has 150 valence electrons. The molecule has 6 nitrogen and oxygen atoms in total. The van der Waals surface area contributed by atoms with Gasteiger partial charge in [0.25, 0.3) is 5.91 Å². The van der Waals surface area contributed by atoms with E-state index in [1.54, 1.807) is 12.0 Å². The molecule has 1 fully saturated rings. The number of rotatable bonds is 4. The first kappa shape index (κ1) is 19.5. The van der Waals surface area contributed by atoms with Crippen LogP contribution in [0.25, 0.3) is 10.9 Å². The molecule has 29 heavy (non-hydrogen) atoms. The number of fused-ring (bicyclic) bond motifs is 1. The van der Waals surface area contributed by atoms with Crippen molar-refractivity contribution in [3.8, 4) is 5.75 Å². The predicted molar refractivity (Wildman–Crippen MR) is 118 cm³/mol. The van der Waals surface area contributed by atoms with Gasteiger partial charge in [-0.1, -0.05) is 15.9 Å². The van der Waals surface area contributed by atoms with Gasteiger partial charge in [0.2, 0.25) is 5.91 Å². The van der Waals surface area contributed by atoms with Crippen LogP contribution in [0.4, 0.5) is 11.4 Å². The van der Waals surface area contributed by atoms with Crippen molar-refractivity contribution < 1.29 is 14.3 Å². The van der Waals surface area contributed by atoms with Crippen molar-refractivity contribution in [2.24, 2.45) is 7.05 Å². The van der Waals surface area contributed by atoms with Crippen LogP contribution in [0.5, 0.6) is 5.75 Å². The second kappa shape index (κ2) is 7.55. The van der Waals surface area contributed by atoms with Crippen LogP contribution in [0.3, 0.4) is 0 Å². The number of aromatic nitrogens is 1. The van der Waals surface area contributed by atoms with Gasteiger partial charge in [0.15, 0.2) is 0 Å². The van der Waals surface area contributed by atoms with E-state index in [9.17, 15) is 9.59 Å². The summed E-state index contributed by atoms with van der Waals surface area (Å²) in [5.74, 6) is 0.472. The number of hydrogen-bond acceptors (Lipinski definition) is 3. The Balaban J connectivity index is 1.85. The lowest BCUT2D eigenvalue weighted by molar-refractivity contribution is -0.117. The zero-order valence-electron chi connectivity index (χ0n) is 16.6. The van der Waals surface area contributed by atoms with Gasteiger partial charge in [0.1, 0.15) is 11.4 Å². The fourth-order valence-corrected chi connectivity index (χ4v) is 4.11. The molecule has 2 heterocycles. The number of benzene rings is 2. The first-order valence-electron chi connectivity index (χ1n) is 9.45. The van der Waals surface area contributed by atoms with Crippen LogP contribution in [-0.2, 0) is 11.8 Å². The van der Waals surface area contributed by atoms with E-state index >= 15 is 0 Å². The molecule has 0 aliphatic carbocycles. The maximum atomic E-state index is 13.3. The molecule has 0 radical (unpaired) electrons. The van der Waals surface area contributed by atoms with Crippen LogP contribution in [0, 0.1) is 6.92 Å². The van der Waals surface area contributed by atoms with Crippen molar-refractivity contribution in [2.75, 3.05) is 23.9 Å². The summed E-state index contributed by atoms with van der Waals surface area (Å²) in [6.07, 6.45) is 1.28. The van der Waals surface area contributed by atoms with E-state index in [4.69, 9.17) is 4.74 Å². The highest BCUT2D eigenvalue weighted by Crippen LogP contribution is 2.38. The van der Waals surface area contributed by atoms with Crippen molar-refractivity contribution in [1.29, 1.82) is 0 Å². The Morgan fingerprint density at radius 3 is 2.66 bits per heavy atom. The van der Waals surface area contributed by atoms with Crippen LogP contribution in [-0.4, -0.2) is 30.0 Å². The van der Waals surface area contributed by atoms with Crippen LogP contribution >= 0.6 is 15.9 Å². The summed E-state index contributed by atoms with van der Waals surface area (Å²) in [6.45, 7) is 2.57. The quantitative estimate of drug-likeness (QED) is 0.623. The standard InChI is InChI=1S/C22H22BrN3O3/c1-13-11-14(6-8-17(13)23)24-22(28)21-20(26-10-4-5-19(26)27)16-12-15(29-3)7-9-18(16)25(21)2/h6-9,11-12H,4-5,10H2,1-3H3,(H,24,28). The molecule has 0 spiro atoms. The molecular weight excluding hydrogens is 434 g/mol. The molecule has 3 aromatic rings. The number of carbonyl (C=O) groups is 2. The van der Waals surface area contributed by atoms with Gasteiger partial charge < -0.3 is 19.5 Å². The van der Waals surface area contributed by atoms with Gasteiger partial charge in [0.05, 0.1) is 18.3 Å². The maximum absolute atomic E-state index is 13.3. The minimum atomic E-state index is -0.251. The minimum absolute atomic E-state index is 0.0360. The average Bonchev–Trinajstić information content (AvgIpc) is 3.24. The highest BCUT2D eigenvalue weighted by atomic mass is 79.9. The SMILES string of the molecule is COc1ccc2c(c1)c(N1CCCC1=O)c(C(=O)Nc1ccc(Br)c(C)c1)n2C. The molecule has 4 rings (SSSR count). The van der Waals surface area contributed by atoms with Crippen molar-refractivity contribution in [2.45, 2.75) is 19.8 Å². The number of methoxy groups -OCH3 is 1. The van der Waals surface area contributed by atoms with E-state index in [-0.39, 0.29) is 11.8 Å². The van der Waals surface area contributed by atoms with Crippen molar-refractivity contribution in [3.63, 3.8) is 0 Å². The Labute approximate surface area is 177 Å². The monoisotopic (exact) mass is 455 g/mol. The topological polar surface area (TPSA) is 63.6 Å². The number of carbonyl (C=O) groups excluding carboxylic acids is 2. The molecule has 2 aromatic carbocycles. The summed E-state index contributed by atoms with van der Waals surface area (Å²) in [5.41, 5.74) is 3.72. The molecule has 0 saturated carbocycles. The van der Waals surface area contributed by atoms with E-state index in [1.807, 2.05) is 54.9 Å². The van der Waals surface area contributed by atoms with Crippen molar-refractivity contribution in [1.82, 2.24) is 4.57 Å². The lowest BCUT2D eigenvalue weighted by Crippen LogP contribution is -2.27. The smallest absolute Gasteiger partial charge is 0.274 e. The van der Waals surface area contributed by atoms with E-state index in [2.05, 4.69) is 21.2 Å². The Kier molecular flexibility index (Phi) is 5.08. The molecule has 1 aliphatic rings. The number of anilines is 2. The van der Waals surface area contributed by atoms with Gasteiger partial charge in [0, 0.05) is 35.6 Å².